The molecule has 2 nitrogen and oxygen atoms in total. The summed E-state index contributed by atoms with van der Waals surface area (Å²) >= 11 is 0. The molecule has 1 aromatic carbocycles. The van der Waals surface area contributed by atoms with Crippen LogP contribution in [0.4, 0.5) is 0 Å². The molecule has 0 radical (unpaired) electrons. The Morgan fingerprint density at radius 1 is 1.24 bits per heavy atom. The number of para-hydroxylation sites is 1. The highest BCUT2D eigenvalue weighted by Gasteiger charge is 2.49. The molecule has 0 spiro atoms. The molecule has 0 bridgehead atoms. The van der Waals surface area contributed by atoms with Gasteiger partial charge in [-0.15, -0.1) is 0 Å². The van der Waals surface area contributed by atoms with E-state index >= 15 is 0 Å². The maximum absolute atomic E-state index is 6.39. The minimum absolute atomic E-state index is 0.115. The number of hydrogen-bond donors (Lipinski definition) is 1. The van der Waals surface area contributed by atoms with Crippen LogP contribution in [0.3, 0.4) is 0 Å². The fourth-order valence-corrected chi connectivity index (χ4v) is 3.09. The molecule has 2 unspecified atom stereocenters. The lowest BCUT2D eigenvalue weighted by Gasteiger charge is -2.52. The van der Waals surface area contributed by atoms with Crippen molar-refractivity contribution in [3.05, 3.63) is 29.8 Å². The molecule has 1 aliphatic rings. The third-order valence-electron chi connectivity index (χ3n) is 4.78. The smallest absolute Gasteiger partial charge is 0.123 e. The predicted molar refractivity (Wildman–Crippen MR) is 90.0 cm³/mol. The third kappa shape index (κ3) is 3.42. The molecule has 1 aromatic rings. The molecule has 2 heteroatoms. The molecule has 118 valence electrons. The molecule has 0 aliphatic heterocycles. The van der Waals surface area contributed by atoms with Gasteiger partial charge in [0.25, 0.3) is 0 Å². The summed E-state index contributed by atoms with van der Waals surface area (Å²) in [4.78, 5) is 0. The molecule has 2 atom stereocenters. The van der Waals surface area contributed by atoms with Crippen molar-refractivity contribution in [1.29, 1.82) is 0 Å². The molecule has 1 saturated carbocycles. The number of hydrogen-bond acceptors (Lipinski definition) is 2. The minimum atomic E-state index is 0.115. The molecular formula is C19H31NO. The summed E-state index contributed by atoms with van der Waals surface area (Å²) in [5.74, 6) is 1.05. The molecule has 0 amide bonds. The number of nitrogens with one attached hydrogen (secondary N) is 1. The normalized spacial score (nSPS) is 24.5. The first-order valence-electron chi connectivity index (χ1n) is 8.26. The molecule has 1 fully saturated rings. The summed E-state index contributed by atoms with van der Waals surface area (Å²) in [5, 5.41) is 3.64. The Balaban J connectivity index is 2.07. The highest BCUT2D eigenvalue weighted by atomic mass is 16.5. The van der Waals surface area contributed by atoms with Gasteiger partial charge in [0.05, 0.1) is 0 Å². The second-order valence-electron chi connectivity index (χ2n) is 7.92. The molecule has 2 rings (SSSR count). The zero-order valence-electron chi connectivity index (χ0n) is 14.5. The van der Waals surface area contributed by atoms with Gasteiger partial charge in [0.15, 0.2) is 0 Å². The summed E-state index contributed by atoms with van der Waals surface area (Å²) in [7, 11) is 0. The van der Waals surface area contributed by atoms with Gasteiger partial charge in [0.2, 0.25) is 0 Å². The highest BCUT2D eigenvalue weighted by Crippen LogP contribution is 2.44. The predicted octanol–water partition coefficient (Wildman–Crippen LogP) is 4.53. The second kappa shape index (κ2) is 6.00. The Morgan fingerprint density at radius 3 is 2.48 bits per heavy atom. The van der Waals surface area contributed by atoms with Crippen molar-refractivity contribution in [2.45, 2.75) is 71.9 Å². The van der Waals surface area contributed by atoms with E-state index in [1.54, 1.807) is 0 Å². The van der Waals surface area contributed by atoms with Gasteiger partial charge in [-0.25, -0.2) is 0 Å². The van der Waals surface area contributed by atoms with Gasteiger partial charge in [-0.05, 0) is 30.0 Å². The van der Waals surface area contributed by atoms with Crippen molar-refractivity contribution < 1.29 is 4.74 Å². The first-order valence-corrected chi connectivity index (χ1v) is 8.26. The summed E-state index contributed by atoms with van der Waals surface area (Å²) in [6.45, 7) is 14.7. The van der Waals surface area contributed by atoms with Crippen LogP contribution in [-0.2, 0) is 5.41 Å². The van der Waals surface area contributed by atoms with E-state index in [1.165, 1.54) is 12.0 Å². The molecular weight excluding hydrogens is 258 g/mol. The molecule has 0 aromatic heterocycles. The Hall–Kier alpha value is -1.02. The monoisotopic (exact) mass is 289 g/mol. The van der Waals surface area contributed by atoms with Crippen molar-refractivity contribution >= 4 is 0 Å². The van der Waals surface area contributed by atoms with Gasteiger partial charge in [-0.2, -0.15) is 0 Å². The lowest BCUT2D eigenvalue weighted by molar-refractivity contribution is -0.0553. The maximum atomic E-state index is 6.39. The van der Waals surface area contributed by atoms with Crippen molar-refractivity contribution in [2.75, 3.05) is 6.54 Å². The first kappa shape index (κ1) is 16.4. The van der Waals surface area contributed by atoms with Gasteiger partial charge >= 0.3 is 0 Å². The quantitative estimate of drug-likeness (QED) is 0.860. The minimum Gasteiger partial charge on any atom is -0.489 e. The van der Waals surface area contributed by atoms with Crippen molar-refractivity contribution in [2.24, 2.45) is 5.41 Å². The maximum Gasteiger partial charge on any atom is 0.123 e. The first-order chi connectivity index (χ1) is 9.76. The van der Waals surface area contributed by atoms with E-state index in [1.807, 2.05) is 0 Å². The number of rotatable bonds is 5. The highest BCUT2D eigenvalue weighted by molar-refractivity contribution is 5.38. The standard InChI is InChI=1S/C19H31NO/c1-7-12-20-16-13-17(19(16,5)6)21-15-11-9-8-10-14(15)18(2,3)4/h8-11,16-17,20H,7,12-13H2,1-6H3. The topological polar surface area (TPSA) is 21.3 Å². The molecule has 21 heavy (non-hydrogen) atoms. The van der Waals surface area contributed by atoms with E-state index in [0.717, 1.165) is 18.7 Å². The Bertz CT molecular complexity index is 473. The molecule has 0 saturated heterocycles. The summed E-state index contributed by atoms with van der Waals surface area (Å²) in [5.41, 5.74) is 1.61. The Kier molecular flexibility index (Phi) is 4.67. The van der Waals surface area contributed by atoms with Crippen molar-refractivity contribution in [3.63, 3.8) is 0 Å². The average molecular weight is 289 g/mol. The van der Waals surface area contributed by atoms with Gasteiger partial charge in [-0.1, -0.05) is 59.7 Å². The van der Waals surface area contributed by atoms with E-state index in [4.69, 9.17) is 4.74 Å². The van der Waals surface area contributed by atoms with E-state index < -0.39 is 0 Å². The Morgan fingerprint density at radius 2 is 1.90 bits per heavy atom. The van der Waals surface area contributed by atoms with Gasteiger partial charge in [0.1, 0.15) is 11.9 Å². The van der Waals surface area contributed by atoms with Crippen LogP contribution in [0, 0.1) is 5.41 Å². The molecule has 1 N–H and O–H groups in total. The van der Waals surface area contributed by atoms with Crippen LogP contribution in [0.15, 0.2) is 24.3 Å². The van der Waals surface area contributed by atoms with E-state index in [2.05, 4.69) is 71.1 Å². The van der Waals surface area contributed by atoms with Crippen LogP contribution >= 0.6 is 0 Å². The van der Waals surface area contributed by atoms with E-state index in [-0.39, 0.29) is 10.8 Å². The molecule has 1 aliphatic carbocycles. The second-order valence-corrected chi connectivity index (χ2v) is 7.92. The SMILES string of the molecule is CCCNC1CC(Oc2ccccc2C(C)(C)C)C1(C)C. The summed E-state index contributed by atoms with van der Waals surface area (Å²) in [6, 6.07) is 9.05. The van der Waals surface area contributed by atoms with Crippen LogP contribution in [0.1, 0.15) is 59.9 Å². The van der Waals surface area contributed by atoms with Gasteiger partial charge in [-0.3, -0.25) is 0 Å². The van der Waals surface area contributed by atoms with Crippen LogP contribution in [0.5, 0.6) is 5.75 Å². The van der Waals surface area contributed by atoms with E-state index in [0.29, 0.717) is 12.1 Å². The lowest BCUT2D eigenvalue weighted by atomic mass is 9.64. The lowest BCUT2D eigenvalue weighted by Crippen LogP contribution is -2.62. The van der Waals surface area contributed by atoms with Crippen LogP contribution in [0.25, 0.3) is 0 Å². The largest absolute Gasteiger partial charge is 0.489 e. The van der Waals surface area contributed by atoms with Gasteiger partial charge in [0, 0.05) is 17.9 Å². The van der Waals surface area contributed by atoms with Crippen LogP contribution in [0.2, 0.25) is 0 Å². The van der Waals surface area contributed by atoms with E-state index in [9.17, 15) is 0 Å². The van der Waals surface area contributed by atoms with Crippen LogP contribution in [-0.4, -0.2) is 18.7 Å². The van der Waals surface area contributed by atoms with Gasteiger partial charge < -0.3 is 10.1 Å². The molecule has 0 heterocycles. The Labute approximate surface area is 130 Å². The third-order valence-corrected chi connectivity index (χ3v) is 4.78. The van der Waals surface area contributed by atoms with Crippen molar-refractivity contribution in [1.82, 2.24) is 5.32 Å². The summed E-state index contributed by atoms with van der Waals surface area (Å²) < 4.78 is 6.39. The van der Waals surface area contributed by atoms with Crippen LogP contribution < -0.4 is 10.1 Å². The van der Waals surface area contributed by atoms with Crippen molar-refractivity contribution in [3.8, 4) is 5.75 Å². The summed E-state index contributed by atoms with van der Waals surface area (Å²) in [6.07, 6.45) is 2.59. The average Bonchev–Trinajstić information content (AvgIpc) is 2.41. The fraction of sp³-hybridized carbons (Fsp3) is 0.684. The number of ether oxygens (including phenoxy) is 1. The number of benzene rings is 1. The fourth-order valence-electron chi connectivity index (χ4n) is 3.09. The zero-order valence-corrected chi connectivity index (χ0v) is 14.5. The zero-order chi connectivity index (χ0) is 15.7.